The summed E-state index contributed by atoms with van der Waals surface area (Å²) in [7, 11) is 0. The first kappa shape index (κ1) is 13.4. The third kappa shape index (κ3) is 2.70. The molecule has 0 aliphatic heterocycles. The molecule has 1 aromatic heterocycles. The van der Waals surface area contributed by atoms with Gasteiger partial charge in [-0.2, -0.15) is 0 Å². The summed E-state index contributed by atoms with van der Waals surface area (Å²) in [4.78, 5) is 2.69. The Bertz CT molecular complexity index is 548. The Morgan fingerprint density at radius 2 is 1.94 bits per heavy atom. The maximum atomic E-state index is 6.24. The first-order valence-electron chi connectivity index (χ1n) is 5.15. The highest BCUT2D eigenvalue weighted by atomic mass is 79.9. The Morgan fingerprint density at radius 1 is 1.24 bits per heavy atom. The second kappa shape index (κ2) is 5.31. The summed E-state index contributed by atoms with van der Waals surface area (Å²) in [6.07, 6.45) is 0. The molecule has 0 aliphatic rings. The molecule has 0 fully saturated rings. The molecular weight excluding hydrogens is 339 g/mol. The van der Waals surface area contributed by atoms with Crippen molar-refractivity contribution in [1.29, 1.82) is 0 Å². The van der Waals surface area contributed by atoms with E-state index in [-0.39, 0.29) is 4.83 Å². The number of halogens is 3. The molecule has 0 saturated carbocycles. The Kier molecular flexibility index (Phi) is 4.19. The van der Waals surface area contributed by atoms with E-state index in [0.29, 0.717) is 10.0 Å². The Labute approximate surface area is 124 Å². The van der Waals surface area contributed by atoms with Crippen LogP contribution in [0, 0.1) is 13.8 Å². The lowest BCUT2D eigenvalue weighted by Gasteiger charge is -2.12. The number of benzene rings is 1. The van der Waals surface area contributed by atoms with E-state index in [9.17, 15) is 0 Å². The van der Waals surface area contributed by atoms with Gasteiger partial charge in [0.2, 0.25) is 0 Å². The minimum absolute atomic E-state index is 0.104. The molecule has 1 heterocycles. The maximum absolute atomic E-state index is 6.24. The van der Waals surface area contributed by atoms with Gasteiger partial charge in [-0.15, -0.1) is 11.3 Å². The molecular formula is C13H11BrCl2S. The lowest BCUT2D eigenvalue weighted by atomic mass is 10.1. The van der Waals surface area contributed by atoms with Crippen LogP contribution in [0.3, 0.4) is 0 Å². The van der Waals surface area contributed by atoms with Crippen LogP contribution >= 0.6 is 50.5 Å². The SMILES string of the molecule is Cc1cc(C)c(C(Br)c2cccc(Cl)c2Cl)s1. The molecule has 0 bridgehead atoms. The molecule has 1 aromatic carbocycles. The van der Waals surface area contributed by atoms with Crippen molar-refractivity contribution >= 4 is 50.5 Å². The average Bonchev–Trinajstić information content (AvgIpc) is 2.61. The minimum Gasteiger partial charge on any atom is -0.144 e. The predicted molar refractivity (Wildman–Crippen MR) is 81.0 cm³/mol. The monoisotopic (exact) mass is 348 g/mol. The average molecular weight is 350 g/mol. The van der Waals surface area contributed by atoms with E-state index in [1.165, 1.54) is 15.3 Å². The molecule has 0 N–H and O–H groups in total. The lowest BCUT2D eigenvalue weighted by molar-refractivity contribution is 1.19. The van der Waals surface area contributed by atoms with Gasteiger partial charge >= 0.3 is 0 Å². The quantitative estimate of drug-likeness (QED) is 0.570. The van der Waals surface area contributed by atoms with Crippen molar-refractivity contribution in [3.05, 3.63) is 55.2 Å². The van der Waals surface area contributed by atoms with Gasteiger partial charge in [-0.3, -0.25) is 0 Å². The Morgan fingerprint density at radius 3 is 2.53 bits per heavy atom. The van der Waals surface area contributed by atoms with Gasteiger partial charge in [0, 0.05) is 9.75 Å². The van der Waals surface area contributed by atoms with Gasteiger partial charge in [0.15, 0.2) is 0 Å². The van der Waals surface area contributed by atoms with Crippen LogP contribution in [0.25, 0.3) is 0 Å². The number of hydrogen-bond donors (Lipinski definition) is 0. The zero-order valence-corrected chi connectivity index (χ0v) is 13.3. The lowest BCUT2D eigenvalue weighted by Crippen LogP contribution is -1.93. The van der Waals surface area contributed by atoms with Gasteiger partial charge in [0.05, 0.1) is 14.9 Å². The van der Waals surface area contributed by atoms with E-state index in [1.807, 2.05) is 12.1 Å². The summed E-state index contributed by atoms with van der Waals surface area (Å²) in [5, 5.41) is 1.22. The van der Waals surface area contributed by atoms with Crippen LogP contribution in [0.2, 0.25) is 10.0 Å². The van der Waals surface area contributed by atoms with Gasteiger partial charge in [-0.25, -0.2) is 0 Å². The summed E-state index contributed by atoms with van der Waals surface area (Å²) < 4.78 is 0. The first-order valence-corrected chi connectivity index (χ1v) is 7.64. The largest absolute Gasteiger partial charge is 0.144 e. The normalized spacial score (nSPS) is 12.8. The number of thiophene rings is 1. The summed E-state index contributed by atoms with van der Waals surface area (Å²) >= 11 is 17.8. The van der Waals surface area contributed by atoms with Crippen molar-refractivity contribution in [2.75, 3.05) is 0 Å². The van der Waals surface area contributed by atoms with Crippen molar-refractivity contribution in [2.24, 2.45) is 0 Å². The molecule has 0 radical (unpaired) electrons. The number of hydrogen-bond acceptors (Lipinski definition) is 1. The van der Waals surface area contributed by atoms with Gasteiger partial charge < -0.3 is 0 Å². The molecule has 2 rings (SSSR count). The Hall–Kier alpha value is -0.0200. The molecule has 0 nitrogen and oxygen atoms in total. The van der Waals surface area contributed by atoms with Crippen LogP contribution in [0.4, 0.5) is 0 Å². The van der Waals surface area contributed by atoms with E-state index in [4.69, 9.17) is 23.2 Å². The van der Waals surface area contributed by atoms with E-state index in [1.54, 1.807) is 17.4 Å². The van der Waals surface area contributed by atoms with Gasteiger partial charge in [-0.05, 0) is 37.1 Å². The smallest absolute Gasteiger partial charge is 0.0755 e. The van der Waals surface area contributed by atoms with E-state index < -0.39 is 0 Å². The summed E-state index contributed by atoms with van der Waals surface area (Å²) in [6.45, 7) is 4.23. The Balaban J connectivity index is 2.47. The molecule has 0 saturated heterocycles. The van der Waals surface area contributed by atoms with Crippen LogP contribution in [-0.2, 0) is 0 Å². The maximum Gasteiger partial charge on any atom is 0.0755 e. The van der Waals surface area contributed by atoms with Crippen LogP contribution in [0.5, 0.6) is 0 Å². The summed E-state index contributed by atoms with van der Waals surface area (Å²) in [5.74, 6) is 0. The number of rotatable bonds is 2. The van der Waals surface area contributed by atoms with Crippen molar-refractivity contribution < 1.29 is 0 Å². The molecule has 0 aliphatic carbocycles. The minimum atomic E-state index is 0.104. The van der Waals surface area contributed by atoms with Crippen molar-refractivity contribution in [3.63, 3.8) is 0 Å². The molecule has 4 heteroatoms. The highest BCUT2D eigenvalue weighted by Crippen LogP contribution is 2.42. The topological polar surface area (TPSA) is 0 Å². The molecule has 17 heavy (non-hydrogen) atoms. The first-order chi connectivity index (χ1) is 8.00. The number of aryl methyl sites for hydroxylation is 2. The molecule has 2 aromatic rings. The van der Waals surface area contributed by atoms with Crippen molar-refractivity contribution in [3.8, 4) is 0 Å². The second-order valence-electron chi connectivity index (χ2n) is 3.91. The van der Waals surface area contributed by atoms with E-state index >= 15 is 0 Å². The fourth-order valence-corrected chi connectivity index (χ4v) is 4.37. The van der Waals surface area contributed by atoms with E-state index in [2.05, 4.69) is 35.8 Å². The van der Waals surface area contributed by atoms with Crippen LogP contribution in [-0.4, -0.2) is 0 Å². The highest BCUT2D eigenvalue weighted by Gasteiger charge is 2.18. The molecule has 0 spiro atoms. The van der Waals surface area contributed by atoms with Crippen LogP contribution in [0.1, 0.15) is 25.7 Å². The van der Waals surface area contributed by atoms with Gasteiger partial charge in [0.25, 0.3) is 0 Å². The third-order valence-electron chi connectivity index (χ3n) is 2.56. The molecule has 90 valence electrons. The van der Waals surface area contributed by atoms with Gasteiger partial charge in [0.1, 0.15) is 0 Å². The summed E-state index contributed by atoms with van der Waals surface area (Å²) in [6, 6.07) is 7.92. The zero-order chi connectivity index (χ0) is 12.6. The highest BCUT2D eigenvalue weighted by molar-refractivity contribution is 9.09. The molecule has 0 amide bonds. The van der Waals surface area contributed by atoms with E-state index in [0.717, 1.165) is 5.56 Å². The number of alkyl halides is 1. The standard InChI is InChI=1S/C13H11BrCl2S/c1-7-6-8(2)17-13(7)11(14)9-4-3-5-10(15)12(9)16/h3-6,11H,1-2H3. The molecule has 1 unspecified atom stereocenters. The second-order valence-corrected chi connectivity index (χ2v) is 6.90. The summed E-state index contributed by atoms with van der Waals surface area (Å²) in [5.41, 5.74) is 2.30. The fourth-order valence-electron chi connectivity index (χ4n) is 1.77. The zero-order valence-electron chi connectivity index (χ0n) is 9.43. The predicted octanol–water partition coefficient (Wildman–Crippen LogP) is 6.16. The third-order valence-corrected chi connectivity index (χ3v) is 5.87. The van der Waals surface area contributed by atoms with Gasteiger partial charge in [-0.1, -0.05) is 51.3 Å². The molecule has 1 atom stereocenters. The fraction of sp³-hybridized carbons (Fsp3) is 0.231. The van der Waals surface area contributed by atoms with Crippen molar-refractivity contribution in [2.45, 2.75) is 18.7 Å². The van der Waals surface area contributed by atoms with Crippen LogP contribution < -0.4 is 0 Å². The van der Waals surface area contributed by atoms with Crippen molar-refractivity contribution in [1.82, 2.24) is 0 Å². The van der Waals surface area contributed by atoms with Crippen LogP contribution in [0.15, 0.2) is 24.3 Å².